The number of aryl methyl sites for hydroxylation is 2. The number of ether oxygens (including phenoxy) is 2. The number of nitrogens with one attached hydrogen (secondary N) is 1. The zero-order chi connectivity index (χ0) is 41.4. The van der Waals surface area contributed by atoms with Crippen molar-refractivity contribution in [3.8, 4) is 34.4 Å². The number of halogens is 1. The normalized spacial score (nSPS) is 10.8. The van der Waals surface area contributed by atoms with E-state index in [2.05, 4.69) is 37.4 Å². The molecule has 7 aromatic rings. The fourth-order valence-electron chi connectivity index (χ4n) is 6.03. The van der Waals surface area contributed by atoms with E-state index >= 15 is 0 Å². The molecule has 1 amide bonds. The number of aromatic nitrogens is 2. The smallest absolute Gasteiger partial charge is 0.319 e. The summed E-state index contributed by atoms with van der Waals surface area (Å²) in [6, 6.07) is 43.7. The van der Waals surface area contributed by atoms with Crippen LogP contribution in [0.3, 0.4) is 0 Å². The minimum absolute atomic E-state index is 0.199. The van der Waals surface area contributed by atoms with Gasteiger partial charge in [0.1, 0.15) is 29.6 Å². The summed E-state index contributed by atoms with van der Waals surface area (Å²) >= 11 is 3.45. The molecule has 7 rings (SSSR count). The van der Waals surface area contributed by atoms with Crippen molar-refractivity contribution in [3.63, 3.8) is 0 Å². The number of carbonyl (C=O) groups is 2. The average Bonchev–Trinajstić information content (AvgIpc) is 3.83. The molecule has 302 valence electrons. The van der Waals surface area contributed by atoms with Crippen LogP contribution in [0.2, 0.25) is 0 Å². The van der Waals surface area contributed by atoms with Gasteiger partial charge in [0.2, 0.25) is 11.8 Å². The minimum atomic E-state index is -1.05. The lowest BCUT2D eigenvalue weighted by Gasteiger charge is -2.21. The number of alkyl halides is 1. The number of carboxylic acids is 1. The van der Waals surface area contributed by atoms with E-state index in [9.17, 15) is 14.7 Å². The van der Waals surface area contributed by atoms with Crippen LogP contribution in [-0.4, -0.2) is 51.7 Å². The van der Waals surface area contributed by atoms with Crippen LogP contribution in [0.15, 0.2) is 148 Å². The standard InChI is InChI=1S/C28H27N3O5.C19H18BrNO2/c1-20-25(29-28(36-20)23-12-6-3-7-13-23)15-16-35-24-14-8-9-21(17-24)18-31(19-26(32)33)30-27(34)22-10-4-2-5-11-22;1-14-18(21-19(23-14)16-7-3-2-4-8-16)10-11-22-17-9-5-6-15(12-17)13-20/h2-14,17H,15-16,18-19H2,1H3,(H,30,34)(H,32,33);2-9,12H,10-11,13H2,1H3. The Morgan fingerprint density at radius 1 is 0.661 bits per heavy atom. The predicted molar refractivity (Wildman–Crippen MR) is 229 cm³/mol. The molecule has 0 saturated carbocycles. The Morgan fingerprint density at radius 2 is 1.14 bits per heavy atom. The third kappa shape index (κ3) is 12.7. The average molecular weight is 858 g/mol. The molecule has 0 aliphatic rings. The topological polar surface area (TPSA) is 140 Å². The van der Waals surface area contributed by atoms with Gasteiger partial charge in [-0.05, 0) is 85.6 Å². The molecule has 0 radical (unpaired) electrons. The van der Waals surface area contributed by atoms with E-state index in [0.717, 1.165) is 57.1 Å². The maximum absolute atomic E-state index is 12.5. The van der Waals surface area contributed by atoms with Crippen molar-refractivity contribution in [2.75, 3.05) is 19.8 Å². The van der Waals surface area contributed by atoms with Gasteiger partial charge in [0.25, 0.3) is 5.91 Å². The second-order valence-corrected chi connectivity index (χ2v) is 14.0. The third-order valence-electron chi connectivity index (χ3n) is 8.99. The van der Waals surface area contributed by atoms with Crippen molar-refractivity contribution in [3.05, 3.63) is 179 Å². The van der Waals surface area contributed by atoms with Crippen LogP contribution in [0, 0.1) is 13.8 Å². The summed E-state index contributed by atoms with van der Waals surface area (Å²) in [5.41, 5.74) is 8.81. The number of carbonyl (C=O) groups excluding carboxylic acids is 1. The van der Waals surface area contributed by atoms with Gasteiger partial charge in [0.15, 0.2) is 0 Å². The number of nitrogens with zero attached hydrogens (tertiary/aromatic N) is 3. The highest BCUT2D eigenvalue weighted by atomic mass is 79.9. The van der Waals surface area contributed by atoms with Crippen LogP contribution in [-0.2, 0) is 29.5 Å². The van der Waals surface area contributed by atoms with Gasteiger partial charge in [0, 0.05) is 41.4 Å². The Labute approximate surface area is 351 Å². The van der Waals surface area contributed by atoms with Crippen LogP contribution in [0.5, 0.6) is 11.5 Å². The van der Waals surface area contributed by atoms with Gasteiger partial charge in [-0.3, -0.25) is 15.0 Å². The molecule has 0 saturated heterocycles. The maximum atomic E-state index is 12.5. The molecule has 2 N–H and O–H groups in total. The molecule has 0 unspecified atom stereocenters. The summed E-state index contributed by atoms with van der Waals surface area (Å²) in [5, 5.41) is 11.5. The summed E-state index contributed by atoms with van der Waals surface area (Å²) in [6.45, 7) is 4.65. The molecular formula is C47H45BrN4O7. The number of rotatable bonds is 17. The van der Waals surface area contributed by atoms with E-state index < -0.39 is 5.97 Å². The van der Waals surface area contributed by atoms with E-state index in [-0.39, 0.29) is 19.0 Å². The summed E-state index contributed by atoms with van der Waals surface area (Å²) < 4.78 is 23.3. The van der Waals surface area contributed by atoms with Crippen molar-refractivity contribution in [2.45, 2.75) is 38.6 Å². The Balaban J connectivity index is 0.000000219. The molecule has 0 aliphatic carbocycles. The van der Waals surface area contributed by atoms with Gasteiger partial charge in [-0.2, -0.15) is 0 Å². The van der Waals surface area contributed by atoms with Crippen molar-refractivity contribution < 1.29 is 33.0 Å². The molecule has 2 heterocycles. The Hall–Kier alpha value is -6.50. The number of benzene rings is 5. The zero-order valence-electron chi connectivity index (χ0n) is 32.8. The molecule has 59 heavy (non-hydrogen) atoms. The molecule has 0 aliphatic heterocycles. The van der Waals surface area contributed by atoms with Gasteiger partial charge in [-0.25, -0.2) is 15.0 Å². The number of aliphatic carboxylic acids is 1. The van der Waals surface area contributed by atoms with Crippen molar-refractivity contribution in [2.24, 2.45) is 0 Å². The van der Waals surface area contributed by atoms with E-state index in [1.165, 1.54) is 10.6 Å². The number of oxazole rings is 2. The molecule has 12 heteroatoms. The van der Waals surface area contributed by atoms with Gasteiger partial charge < -0.3 is 23.4 Å². The first-order valence-electron chi connectivity index (χ1n) is 19.1. The number of carboxylic acid groups (broad SMARTS) is 1. The summed E-state index contributed by atoms with van der Waals surface area (Å²) in [7, 11) is 0. The van der Waals surface area contributed by atoms with Gasteiger partial charge in [-0.1, -0.05) is 94.8 Å². The fourth-order valence-corrected chi connectivity index (χ4v) is 6.38. The lowest BCUT2D eigenvalue weighted by molar-refractivity contribution is -0.139. The molecule has 2 aromatic heterocycles. The first-order valence-corrected chi connectivity index (χ1v) is 20.2. The summed E-state index contributed by atoms with van der Waals surface area (Å²) in [6.07, 6.45) is 1.30. The monoisotopic (exact) mass is 856 g/mol. The Morgan fingerprint density at radius 3 is 1.63 bits per heavy atom. The van der Waals surface area contributed by atoms with E-state index in [4.69, 9.17) is 18.3 Å². The van der Waals surface area contributed by atoms with Crippen LogP contribution in [0.4, 0.5) is 0 Å². The summed E-state index contributed by atoms with van der Waals surface area (Å²) in [5.74, 6) is 2.95. The summed E-state index contributed by atoms with van der Waals surface area (Å²) in [4.78, 5) is 33.0. The number of hydrogen-bond acceptors (Lipinski definition) is 9. The highest BCUT2D eigenvalue weighted by Gasteiger charge is 2.16. The van der Waals surface area contributed by atoms with Crippen molar-refractivity contribution in [1.82, 2.24) is 20.4 Å². The van der Waals surface area contributed by atoms with Crippen molar-refractivity contribution >= 4 is 27.8 Å². The Kier molecular flexibility index (Phi) is 15.2. The molecule has 0 fully saturated rings. The maximum Gasteiger partial charge on any atom is 0.319 e. The quantitative estimate of drug-likeness (QED) is 0.0672. The lowest BCUT2D eigenvalue weighted by Crippen LogP contribution is -2.44. The van der Waals surface area contributed by atoms with E-state index in [1.807, 2.05) is 123 Å². The van der Waals surface area contributed by atoms with Gasteiger partial charge in [0.05, 0.1) is 24.6 Å². The second kappa shape index (κ2) is 21.3. The SMILES string of the molecule is Cc1oc(-c2ccccc2)nc1CCOc1cccc(CBr)c1.Cc1oc(-c2ccccc2)nc1CCOc1cccc(CN(CC(=O)O)NC(=O)c2ccccc2)c1. The zero-order valence-corrected chi connectivity index (χ0v) is 34.4. The third-order valence-corrected chi connectivity index (χ3v) is 9.64. The van der Waals surface area contributed by atoms with Crippen molar-refractivity contribution in [1.29, 1.82) is 0 Å². The van der Waals surface area contributed by atoms with Crippen LogP contribution in [0.25, 0.3) is 22.9 Å². The molecular weight excluding hydrogens is 812 g/mol. The molecule has 0 atom stereocenters. The van der Waals surface area contributed by atoms with E-state index in [1.54, 1.807) is 24.3 Å². The van der Waals surface area contributed by atoms with E-state index in [0.29, 0.717) is 42.7 Å². The number of amides is 1. The fraction of sp³-hybridized carbons (Fsp3) is 0.191. The first kappa shape index (κ1) is 42.1. The molecule has 11 nitrogen and oxygen atoms in total. The number of hydrazine groups is 1. The highest BCUT2D eigenvalue weighted by Crippen LogP contribution is 2.24. The van der Waals surface area contributed by atoms with Gasteiger partial charge in [-0.15, -0.1) is 0 Å². The molecule has 0 bridgehead atoms. The van der Waals surface area contributed by atoms with Crippen LogP contribution in [0.1, 0.15) is 44.4 Å². The first-order chi connectivity index (χ1) is 28.7. The van der Waals surface area contributed by atoms with Crippen LogP contribution >= 0.6 is 15.9 Å². The predicted octanol–water partition coefficient (Wildman–Crippen LogP) is 9.67. The lowest BCUT2D eigenvalue weighted by atomic mass is 10.2. The highest BCUT2D eigenvalue weighted by molar-refractivity contribution is 9.08. The molecule has 5 aromatic carbocycles. The van der Waals surface area contributed by atoms with Gasteiger partial charge >= 0.3 is 5.97 Å². The van der Waals surface area contributed by atoms with Crippen LogP contribution < -0.4 is 14.9 Å². The Bertz CT molecular complexity index is 2400. The number of hydrogen-bond donors (Lipinski definition) is 2. The minimum Gasteiger partial charge on any atom is -0.493 e. The second-order valence-electron chi connectivity index (χ2n) is 13.5. The molecule has 0 spiro atoms. The largest absolute Gasteiger partial charge is 0.493 e.